The maximum absolute atomic E-state index is 10.4. The predicted octanol–water partition coefficient (Wildman–Crippen LogP) is 1.64. The Labute approximate surface area is 74.2 Å². The van der Waals surface area contributed by atoms with Crippen molar-refractivity contribution in [3.63, 3.8) is 0 Å². The van der Waals surface area contributed by atoms with Crippen LogP contribution in [0.3, 0.4) is 0 Å². The Morgan fingerprint density at radius 1 is 1.50 bits per heavy atom. The van der Waals surface area contributed by atoms with E-state index in [0.29, 0.717) is 0 Å². The van der Waals surface area contributed by atoms with Crippen LogP contribution in [0, 0.1) is 0 Å². The molecule has 1 aliphatic rings. The van der Waals surface area contributed by atoms with Crippen LogP contribution in [0.2, 0.25) is 0 Å². The van der Waals surface area contributed by atoms with Crippen molar-refractivity contribution in [2.75, 3.05) is 14.1 Å². The van der Waals surface area contributed by atoms with Crippen molar-refractivity contribution in [1.82, 2.24) is 4.90 Å². The van der Waals surface area contributed by atoms with Gasteiger partial charge in [-0.15, -0.1) is 0 Å². The molecule has 0 aromatic heterocycles. The van der Waals surface area contributed by atoms with E-state index in [1.807, 2.05) is 12.9 Å². The summed E-state index contributed by atoms with van der Waals surface area (Å²) in [6, 6.07) is 0. The van der Waals surface area contributed by atoms with Crippen molar-refractivity contribution in [2.24, 2.45) is 0 Å². The summed E-state index contributed by atoms with van der Waals surface area (Å²) < 4.78 is 0. The van der Waals surface area contributed by atoms with Gasteiger partial charge in [0.1, 0.15) is 5.94 Å². The molecule has 0 amide bonds. The first-order chi connectivity index (χ1) is 5.60. The highest BCUT2D eigenvalue weighted by molar-refractivity contribution is 5.51. The average molecular weight is 167 g/mol. The fourth-order valence-electron chi connectivity index (χ4n) is 1.90. The minimum absolute atomic E-state index is 0.279. The smallest absolute Gasteiger partial charge is 0.123 e. The maximum atomic E-state index is 10.4. The molecule has 0 unspecified atom stereocenters. The fourth-order valence-corrected chi connectivity index (χ4v) is 1.90. The monoisotopic (exact) mass is 167 g/mol. The van der Waals surface area contributed by atoms with E-state index < -0.39 is 0 Å². The minimum atomic E-state index is 0.279. The molecule has 2 heteroatoms. The second kappa shape index (κ2) is 3.42. The third-order valence-corrected chi connectivity index (χ3v) is 3.00. The van der Waals surface area contributed by atoms with E-state index in [0.717, 1.165) is 12.0 Å². The van der Waals surface area contributed by atoms with E-state index in [1.165, 1.54) is 19.3 Å². The molecule has 1 rings (SSSR count). The molecule has 68 valence electrons. The quantitative estimate of drug-likeness (QED) is 0.595. The number of nitrogens with zero attached hydrogens (tertiary/aromatic N) is 1. The van der Waals surface area contributed by atoms with Crippen LogP contribution in [-0.4, -0.2) is 30.5 Å². The van der Waals surface area contributed by atoms with Crippen molar-refractivity contribution in [1.29, 1.82) is 0 Å². The van der Waals surface area contributed by atoms with E-state index in [4.69, 9.17) is 0 Å². The molecule has 0 atom stereocenters. The van der Waals surface area contributed by atoms with E-state index in [1.54, 1.807) is 0 Å². The van der Waals surface area contributed by atoms with Gasteiger partial charge in [0.15, 0.2) is 0 Å². The van der Waals surface area contributed by atoms with Gasteiger partial charge in [-0.1, -0.05) is 0 Å². The highest BCUT2D eigenvalue weighted by Crippen LogP contribution is 2.40. The Hall–Kier alpha value is -0.590. The third kappa shape index (κ3) is 1.60. The molecular weight excluding hydrogens is 150 g/mol. The molecule has 1 aliphatic carbocycles. The molecule has 1 fully saturated rings. The summed E-state index contributed by atoms with van der Waals surface area (Å²) in [5.41, 5.74) is 1.13. The summed E-state index contributed by atoms with van der Waals surface area (Å²) in [6.45, 7) is 1.87. The topological polar surface area (TPSA) is 20.3 Å². The van der Waals surface area contributed by atoms with Gasteiger partial charge < -0.3 is 4.90 Å². The van der Waals surface area contributed by atoms with E-state index >= 15 is 0 Å². The van der Waals surface area contributed by atoms with Gasteiger partial charge in [-0.25, -0.2) is 4.79 Å². The predicted molar refractivity (Wildman–Crippen MR) is 49.8 cm³/mol. The zero-order valence-corrected chi connectivity index (χ0v) is 8.18. The number of carbonyl (C=O) groups excluding carboxylic acids is 1. The first-order valence-electron chi connectivity index (χ1n) is 4.49. The molecule has 0 spiro atoms. The van der Waals surface area contributed by atoms with Gasteiger partial charge in [0.05, 0.1) is 0 Å². The molecule has 1 saturated carbocycles. The largest absolute Gasteiger partial charge is 0.303 e. The van der Waals surface area contributed by atoms with Gasteiger partial charge in [0, 0.05) is 11.1 Å². The zero-order valence-electron chi connectivity index (χ0n) is 8.18. The Bertz CT molecular complexity index is 210. The second-order valence-electron chi connectivity index (χ2n) is 4.03. The summed E-state index contributed by atoms with van der Waals surface area (Å²) in [7, 11) is 4.19. The Kier molecular flexibility index (Phi) is 2.71. The summed E-state index contributed by atoms with van der Waals surface area (Å²) in [5.74, 6) is 1.98. The van der Waals surface area contributed by atoms with Crippen molar-refractivity contribution in [3.8, 4) is 0 Å². The van der Waals surface area contributed by atoms with Gasteiger partial charge in [0.25, 0.3) is 0 Å². The van der Waals surface area contributed by atoms with Crippen LogP contribution < -0.4 is 0 Å². The molecule has 0 aromatic rings. The summed E-state index contributed by atoms with van der Waals surface area (Å²) in [6.07, 6.45) is 4.63. The number of hydrogen-bond acceptors (Lipinski definition) is 2. The fraction of sp³-hybridized carbons (Fsp3) is 0.800. The highest BCUT2D eigenvalue weighted by atomic mass is 16.1. The van der Waals surface area contributed by atoms with Crippen LogP contribution in [-0.2, 0) is 4.79 Å². The van der Waals surface area contributed by atoms with E-state index in [-0.39, 0.29) is 5.54 Å². The SMILES string of the molecule is CC(=C=O)CC1(N(C)C)CCC1. The molecule has 2 nitrogen and oxygen atoms in total. The molecule has 0 aliphatic heterocycles. The Balaban J connectivity index is 2.62. The Morgan fingerprint density at radius 2 is 2.08 bits per heavy atom. The maximum Gasteiger partial charge on any atom is 0.123 e. The lowest BCUT2D eigenvalue weighted by molar-refractivity contribution is 0.0610. The molecule has 0 heterocycles. The van der Waals surface area contributed by atoms with Gasteiger partial charge in [-0.2, -0.15) is 0 Å². The molecule has 0 bridgehead atoms. The molecule has 0 saturated heterocycles. The molecule has 0 radical (unpaired) electrons. The van der Waals surface area contributed by atoms with Crippen LogP contribution in [0.5, 0.6) is 0 Å². The standard InChI is InChI=1S/C10H17NO/c1-9(8-12)7-10(11(2)3)5-4-6-10/h4-7H2,1-3H3. The van der Waals surface area contributed by atoms with Gasteiger partial charge in [-0.05, 0) is 46.7 Å². The zero-order chi connectivity index (χ0) is 9.19. The van der Waals surface area contributed by atoms with Crippen molar-refractivity contribution in [3.05, 3.63) is 5.57 Å². The van der Waals surface area contributed by atoms with Gasteiger partial charge in [-0.3, -0.25) is 0 Å². The lowest BCUT2D eigenvalue weighted by Gasteiger charge is -2.47. The van der Waals surface area contributed by atoms with Gasteiger partial charge in [0.2, 0.25) is 0 Å². The van der Waals surface area contributed by atoms with Crippen molar-refractivity contribution < 1.29 is 4.79 Å². The minimum Gasteiger partial charge on any atom is -0.303 e. The molecular formula is C10H17NO. The average Bonchev–Trinajstić information content (AvgIpc) is 1.95. The van der Waals surface area contributed by atoms with Gasteiger partial charge >= 0.3 is 0 Å². The van der Waals surface area contributed by atoms with Crippen LogP contribution in [0.4, 0.5) is 0 Å². The lowest BCUT2D eigenvalue weighted by atomic mass is 9.72. The highest BCUT2D eigenvalue weighted by Gasteiger charge is 2.38. The van der Waals surface area contributed by atoms with Crippen LogP contribution in [0.25, 0.3) is 0 Å². The molecule has 0 aromatic carbocycles. The van der Waals surface area contributed by atoms with Crippen molar-refractivity contribution in [2.45, 2.75) is 38.1 Å². The van der Waals surface area contributed by atoms with E-state index in [2.05, 4.69) is 19.0 Å². The molecule has 0 N–H and O–H groups in total. The third-order valence-electron chi connectivity index (χ3n) is 3.00. The first kappa shape index (κ1) is 9.50. The second-order valence-corrected chi connectivity index (χ2v) is 4.03. The summed E-state index contributed by atoms with van der Waals surface area (Å²) in [4.78, 5) is 12.6. The number of rotatable bonds is 3. The normalized spacial score (nSPS) is 20.0. The lowest BCUT2D eigenvalue weighted by Crippen LogP contribution is -2.50. The Morgan fingerprint density at radius 3 is 2.33 bits per heavy atom. The number of hydrogen-bond donors (Lipinski definition) is 0. The van der Waals surface area contributed by atoms with Crippen LogP contribution >= 0.6 is 0 Å². The molecule has 12 heavy (non-hydrogen) atoms. The summed E-state index contributed by atoms with van der Waals surface area (Å²) in [5, 5.41) is 0. The summed E-state index contributed by atoms with van der Waals surface area (Å²) >= 11 is 0. The van der Waals surface area contributed by atoms with Crippen molar-refractivity contribution >= 4 is 5.94 Å². The first-order valence-corrected chi connectivity index (χ1v) is 4.49. The van der Waals surface area contributed by atoms with Crippen LogP contribution in [0.15, 0.2) is 5.57 Å². The van der Waals surface area contributed by atoms with Crippen LogP contribution in [0.1, 0.15) is 32.6 Å². The van der Waals surface area contributed by atoms with E-state index in [9.17, 15) is 4.79 Å².